The minimum atomic E-state index is -3.53. The van der Waals surface area contributed by atoms with Crippen molar-refractivity contribution in [1.29, 1.82) is 0 Å². The van der Waals surface area contributed by atoms with Gasteiger partial charge in [0.15, 0.2) is 9.84 Å². The highest BCUT2D eigenvalue weighted by Crippen LogP contribution is 2.17. The van der Waals surface area contributed by atoms with Gasteiger partial charge >= 0.3 is 0 Å². The third kappa shape index (κ3) is 4.80. The van der Waals surface area contributed by atoms with Crippen molar-refractivity contribution in [3.63, 3.8) is 0 Å². The quantitative estimate of drug-likeness (QED) is 0.644. The first-order valence-corrected chi connectivity index (χ1v) is 9.99. The van der Waals surface area contributed by atoms with Gasteiger partial charge in [0.05, 0.1) is 10.6 Å². The van der Waals surface area contributed by atoms with Crippen LogP contribution in [0.2, 0.25) is 0 Å². The normalized spacial score (nSPS) is 10.9. The fourth-order valence-electron chi connectivity index (χ4n) is 2.48. The van der Waals surface area contributed by atoms with Crippen molar-refractivity contribution < 1.29 is 18.0 Å². The van der Waals surface area contributed by atoms with Crippen LogP contribution >= 0.6 is 0 Å². The minimum Gasteiger partial charge on any atom is -0.267 e. The molecule has 142 valence electrons. The van der Waals surface area contributed by atoms with Gasteiger partial charge < -0.3 is 0 Å². The van der Waals surface area contributed by atoms with Gasteiger partial charge in [-0.1, -0.05) is 36.4 Å². The van der Waals surface area contributed by atoms with Crippen LogP contribution in [0.1, 0.15) is 26.4 Å². The van der Waals surface area contributed by atoms with Gasteiger partial charge in [0.2, 0.25) is 0 Å². The lowest BCUT2D eigenvalue weighted by molar-refractivity contribution is 0.0844. The van der Waals surface area contributed by atoms with Gasteiger partial charge in [-0.2, -0.15) is 0 Å². The summed E-state index contributed by atoms with van der Waals surface area (Å²) in [4.78, 5) is 28.3. The fourth-order valence-corrected chi connectivity index (χ4v) is 3.84. The molecule has 0 saturated carbocycles. The maximum Gasteiger partial charge on any atom is 0.288 e. The number of benzene rings is 2. The third-order valence-electron chi connectivity index (χ3n) is 3.84. The zero-order valence-electron chi connectivity index (χ0n) is 14.7. The van der Waals surface area contributed by atoms with Crippen molar-refractivity contribution in [1.82, 2.24) is 15.8 Å². The molecule has 2 amide bonds. The molecule has 3 rings (SSSR count). The molecule has 1 heterocycles. The number of pyridine rings is 1. The second kappa shape index (κ2) is 8.45. The van der Waals surface area contributed by atoms with Crippen molar-refractivity contribution in [2.24, 2.45) is 0 Å². The minimum absolute atomic E-state index is 0.158. The van der Waals surface area contributed by atoms with E-state index in [0.717, 1.165) is 0 Å². The lowest BCUT2D eigenvalue weighted by Gasteiger charge is -2.09. The summed E-state index contributed by atoms with van der Waals surface area (Å²) in [5.41, 5.74) is 5.41. The van der Waals surface area contributed by atoms with E-state index in [9.17, 15) is 18.0 Å². The summed E-state index contributed by atoms with van der Waals surface area (Å²) in [6.07, 6.45) is 1.47. The van der Waals surface area contributed by atoms with E-state index in [1.165, 1.54) is 36.5 Å². The van der Waals surface area contributed by atoms with Crippen LogP contribution in [0.5, 0.6) is 0 Å². The Morgan fingerprint density at radius 3 is 2.25 bits per heavy atom. The van der Waals surface area contributed by atoms with Crippen molar-refractivity contribution in [2.75, 3.05) is 0 Å². The summed E-state index contributed by atoms with van der Waals surface area (Å²) in [6, 6.07) is 19.2. The van der Waals surface area contributed by atoms with E-state index in [4.69, 9.17) is 0 Å². The monoisotopic (exact) mass is 395 g/mol. The molecule has 0 atom stereocenters. The lowest BCUT2D eigenvalue weighted by Crippen LogP contribution is -2.41. The second-order valence-corrected chi connectivity index (χ2v) is 7.89. The van der Waals surface area contributed by atoms with Crippen LogP contribution in [0.25, 0.3) is 0 Å². The average molecular weight is 395 g/mol. The van der Waals surface area contributed by atoms with Crippen molar-refractivity contribution in [3.05, 3.63) is 95.8 Å². The predicted octanol–water partition coefficient (Wildman–Crippen LogP) is 2.13. The molecule has 0 aliphatic heterocycles. The molecule has 0 fully saturated rings. The van der Waals surface area contributed by atoms with Gasteiger partial charge in [0.1, 0.15) is 5.69 Å². The Morgan fingerprint density at radius 1 is 0.821 bits per heavy atom. The highest BCUT2D eigenvalue weighted by molar-refractivity contribution is 7.90. The van der Waals surface area contributed by atoms with Gasteiger partial charge in [-0.25, -0.2) is 8.42 Å². The number of carbonyl (C=O) groups excluding carboxylic acids is 2. The van der Waals surface area contributed by atoms with Crippen LogP contribution in [0.4, 0.5) is 0 Å². The summed E-state index contributed by atoms with van der Waals surface area (Å²) >= 11 is 0. The fraction of sp³-hybridized carbons (Fsp3) is 0.0500. The van der Waals surface area contributed by atoms with E-state index in [-0.39, 0.29) is 21.9 Å². The van der Waals surface area contributed by atoms with Crippen LogP contribution in [0.3, 0.4) is 0 Å². The Balaban J connectivity index is 1.67. The maximum atomic E-state index is 12.5. The number of nitrogens with zero attached hydrogens (tertiary/aromatic N) is 1. The van der Waals surface area contributed by atoms with Gasteiger partial charge in [0, 0.05) is 11.8 Å². The Bertz CT molecular complexity index is 1080. The molecule has 0 spiro atoms. The highest BCUT2D eigenvalue weighted by Gasteiger charge is 2.16. The van der Waals surface area contributed by atoms with Gasteiger partial charge in [0.25, 0.3) is 11.8 Å². The van der Waals surface area contributed by atoms with E-state index >= 15 is 0 Å². The van der Waals surface area contributed by atoms with Gasteiger partial charge in [-0.05, 0) is 42.0 Å². The number of nitrogens with one attached hydrogen (secondary N) is 2. The first-order chi connectivity index (χ1) is 13.5. The largest absolute Gasteiger partial charge is 0.288 e. The van der Waals surface area contributed by atoms with E-state index in [1.807, 2.05) is 0 Å². The lowest BCUT2D eigenvalue weighted by atomic mass is 10.1. The van der Waals surface area contributed by atoms with Crippen molar-refractivity contribution in [3.8, 4) is 0 Å². The maximum absolute atomic E-state index is 12.5. The number of aromatic nitrogens is 1. The Morgan fingerprint density at radius 2 is 1.54 bits per heavy atom. The molecule has 3 aromatic rings. The first-order valence-electron chi connectivity index (χ1n) is 8.34. The Kier molecular flexibility index (Phi) is 5.81. The average Bonchev–Trinajstić information content (AvgIpc) is 2.73. The number of sulfone groups is 1. The molecule has 0 aliphatic rings. The number of hydrazine groups is 1. The second-order valence-electron chi connectivity index (χ2n) is 5.90. The van der Waals surface area contributed by atoms with Crippen LogP contribution < -0.4 is 10.9 Å². The van der Waals surface area contributed by atoms with E-state index in [0.29, 0.717) is 5.56 Å². The number of rotatable bonds is 5. The number of amides is 2. The number of carbonyl (C=O) groups is 2. The van der Waals surface area contributed by atoms with Gasteiger partial charge in [-0.3, -0.25) is 25.4 Å². The summed E-state index contributed by atoms with van der Waals surface area (Å²) in [7, 11) is -3.53. The molecule has 0 saturated heterocycles. The van der Waals surface area contributed by atoms with Crippen LogP contribution in [0.15, 0.2) is 83.9 Å². The SMILES string of the molecule is O=C(NNC(=O)c1ccccn1)c1cccc(CS(=O)(=O)c2ccccc2)c1. The molecule has 8 heteroatoms. The predicted molar refractivity (Wildman–Crippen MR) is 103 cm³/mol. The molecule has 0 aliphatic carbocycles. The summed E-state index contributed by atoms with van der Waals surface area (Å²) < 4.78 is 25.0. The molecule has 0 unspecified atom stereocenters. The molecule has 7 nitrogen and oxygen atoms in total. The van der Waals surface area contributed by atoms with Crippen molar-refractivity contribution in [2.45, 2.75) is 10.6 Å². The van der Waals surface area contributed by atoms with E-state index < -0.39 is 21.7 Å². The zero-order valence-corrected chi connectivity index (χ0v) is 15.5. The molecule has 0 radical (unpaired) electrons. The first kappa shape index (κ1) is 19.2. The van der Waals surface area contributed by atoms with Crippen LogP contribution in [0, 0.1) is 0 Å². The number of hydrogen-bond donors (Lipinski definition) is 2. The summed E-state index contributed by atoms with van der Waals surface area (Å²) in [5, 5.41) is 0. The van der Waals surface area contributed by atoms with Gasteiger partial charge in [-0.15, -0.1) is 0 Å². The van der Waals surface area contributed by atoms with Crippen molar-refractivity contribution >= 4 is 21.7 Å². The van der Waals surface area contributed by atoms with E-state index in [1.54, 1.807) is 42.5 Å². The molecule has 2 N–H and O–H groups in total. The number of hydrogen-bond acceptors (Lipinski definition) is 5. The molecule has 0 bridgehead atoms. The molecular formula is C20H17N3O4S. The standard InChI is InChI=1S/C20H17N3O4S/c24-19(22-23-20(25)18-11-4-5-12-21-18)16-8-6-7-15(13-16)14-28(26,27)17-9-2-1-3-10-17/h1-13H,14H2,(H,22,24)(H,23,25). The Labute approximate surface area is 162 Å². The van der Waals surface area contributed by atoms with Crippen LogP contribution in [-0.2, 0) is 15.6 Å². The smallest absolute Gasteiger partial charge is 0.267 e. The zero-order chi connectivity index (χ0) is 20.0. The Hall–Kier alpha value is -3.52. The van der Waals surface area contributed by atoms with E-state index in [2.05, 4.69) is 15.8 Å². The third-order valence-corrected chi connectivity index (χ3v) is 5.54. The highest BCUT2D eigenvalue weighted by atomic mass is 32.2. The molecule has 28 heavy (non-hydrogen) atoms. The molecular weight excluding hydrogens is 378 g/mol. The van der Waals surface area contributed by atoms with Crippen LogP contribution in [-0.4, -0.2) is 25.2 Å². The molecule has 1 aromatic heterocycles. The summed E-state index contributed by atoms with van der Waals surface area (Å²) in [5.74, 6) is -1.36. The molecule has 2 aromatic carbocycles. The topological polar surface area (TPSA) is 105 Å². The summed E-state index contributed by atoms with van der Waals surface area (Å²) in [6.45, 7) is 0.